The van der Waals surface area contributed by atoms with E-state index in [0.717, 1.165) is 0 Å². The number of benzene rings is 2. The van der Waals surface area contributed by atoms with Gasteiger partial charge in [-0.15, -0.1) is 0 Å². The van der Waals surface area contributed by atoms with Gasteiger partial charge >= 0.3 is 0 Å². The van der Waals surface area contributed by atoms with E-state index in [1.165, 1.54) is 12.1 Å². The van der Waals surface area contributed by atoms with E-state index in [4.69, 9.17) is 9.47 Å². The molecule has 2 aromatic carbocycles. The number of hydrogen-bond donors (Lipinski definition) is 1. The number of rotatable bonds is 7. The zero-order chi connectivity index (χ0) is 16.7. The van der Waals surface area contributed by atoms with E-state index in [-0.39, 0.29) is 11.7 Å². The molecule has 0 saturated carbocycles. The number of methoxy groups -OCH3 is 1. The van der Waals surface area contributed by atoms with Gasteiger partial charge in [0.05, 0.1) is 19.3 Å². The summed E-state index contributed by atoms with van der Waals surface area (Å²) >= 11 is 3.35. The van der Waals surface area contributed by atoms with Crippen LogP contribution in [0.1, 0.15) is 16.8 Å². The maximum atomic E-state index is 12.8. The Morgan fingerprint density at radius 2 is 1.87 bits per heavy atom. The predicted molar refractivity (Wildman–Crippen MR) is 89.5 cm³/mol. The van der Waals surface area contributed by atoms with Crippen LogP contribution in [-0.4, -0.2) is 26.2 Å². The Labute approximate surface area is 142 Å². The molecule has 1 N–H and O–H groups in total. The van der Waals surface area contributed by atoms with Gasteiger partial charge in [-0.3, -0.25) is 4.79 Å². The molecule has 23 heavy (non-hydrogen) atoms. The monoisotopic (exact) mass is 381 g/mol. The van der Waals surface area contributed by atoms with Crippen molar-refractivity contribution in [3.8, 4) is 11.5 Å². The number of carbonyl (C=O) groups excluding carboxylic acids is 1. The molecule has 0 fully saturated rings. The number of amides is 1. The molecule has 0 heterocycles. The van der Waals surface area contributed by atoms with E-state index in [0.29, 0.717) is 41.1 Å². The van der Waals surface area contributed by atoms with Crippen LogP contribution in [0.15, 0.2) is 46.9 Å². The highest BCUT2D eigenvalue weighted by molar-refractivity contribution is 9.10. The molecule has 0 radical (unpaired) electrons. The van der Waals surface area contributed by atoms with Gasteiger partial charge in [0.15, 0.2) is 0 Å². The number of halogens is 2. The number of nitrogens with one attached hydrogen (secondary N) is 1. The maximum absolute atomic E-state index is 12.8. The molecule has 122 valence electrons. The minimum Gasteiger partial charge on any atom is -0.497 e. The normalized spacial score (nSPS) is 10.2. The molecule has 4 nitrogen and oxygen atoms in total. The van der Waals surface area contributed by atoms with Crippen LogP contribution in [0.25, 0.3) is 0 Å². The predicted octanol–water partition coefficient (Wildman–Crippen LogP) is 3.80. The van der Waals surface area contributed by atoms with Crippen LogP contribution in [0.5, 0.6) is 11.5 Å². The molecular weight excluding hydrogens is 365 g/mol. The summed E-state index contributed by atoms with van der Waals surface area (Å²) in [6, 6.07) is 11.1. The summed E-state index contributed by atoms with van der Waals surface area (Å²) in [5.41, 5.74) is 0.517. The molecule has 0 unspecified atom stereocenters. The van der Waals surface area contributed by atoms with Crippen LogP contribution >= 0.6 is 15.9 Å². The van der Waals surface area contributed by atoms with E-state index < -0.39 is 0 Å². The molecule has 1 amide bonds. The van der Waals surface area contributed by atoms with Crippen LogP contribution in [-0.2, 0) is 0 Å². The fourth-order valence-electron chi connectivity index (χ4n) is 1.90. The smallest absolute Gasteiger partial charge is 0.252 e. The molecular formula is C17H17BrFNO3. The molecule has 2 aromatic rings. The van der Waals surface area contributed by atoms with Gasteiger partial charge in [0.25, 0.3) is 5.91 Å². The summed E-state index contributed by atoms with van der Waals surface area (Å²) in [5.74, 6) is 0.747. The topological polar surface area (TPSA) is 47.6 Å². The van der Waals surface area contributed by atoms with Crippen LogP contribution in [0.4, 0.5) is 4.39 Å². The van der Waals surface area contributed by atoms with Crippen LogP contribution in [0.2, 0.25) is 0 Å². The van der Waals surface area contributed by atoms with Gasteiger partial charge in [-0.25, -0.2) is 4.39 Å². The Hall–Kier alpha value is -2.08. The lowest BCUT2D eigenvalue weighted by Crippen LogP contribution is -2.26. The summed E-state index contributed by atoms with van der Waals surface area (Å²) in [6.45, 7) is 0.912. The average molecular weight is 382 g/mol. The Morgan fingerprint density at radius 1 is 1.17 bits per heavy atom. The second kappa shape index (κ2) is 8.53. The second-order valence-electron chi connectivity index (χ2n) is 4.76. The molecule has 0 aliphatic carbocycles. The highest BCUT2D eigenvalue weighted by atomic mass is 79.9. The Bertz CT molecular complexity index is 661. The lowest BCUT2D eigenvalue weighted by molar-refractivity contribution is 0.0950. The quantitative estimate of drug-likeness (QED) is 0.742. The summed E-state index contributed by atoms with van der Waals surface area (Å²) in [4.78, 5) is 12.1. The van der Waals surface area contributed by atoms with Gasteiger partial charge < -0.3 is 14.8 Å². The lowest BCUT2D eigenvalue weighted by Gasteiger charge is -2.09. The second-order valence-corrected chi connectivity index (χ2v) is 5.61. The maximum Gasteiger partial charge on any atom is 0.252 e. The SMILES string of the molecule is COc1ccc(Br)c(C(=O)NCCCOc2ccc(F)cc2)c1. The zero-order valence-electron chi connectivity index (χ0n) is 12.6. The molecule has 0 aromatic heterocycles. The summed E-state index contributed by atoms with van der Waals surface area (Å²) < 4.78 is 24.0. The zero-order valence-corrected chi connectivity index (χ0v) is 14.2. The van der Waals surface area contributed by atoms with Crippen molar-refractivity contribution in [3.05, 3.63) is 58.3 Å². The van der Waals surface area contributed by atoms with E-state index in [1.54, 1.807) is 37.4 Å². The van der Waals surface area contributed by atoms with Gasteiger partial charge in [0.2, 0.25) is 0 Å². The molecule has 0 atom stereocenters. The Balaban J connectivity index is 1.75. The average Bonchev–Trinajstić information content (AvgIpc) is 2.56. The number of hydrogen-bond acceptors (Lipinski definition) is 3. The van der Waals surface area contributed by atoms with Crippen LogP contribution in [0, 0.1) is 5.82 Å². The van der Waals surface area contributed by atoms with Crippen molar-refractivity contribution >= 4 is 21.8 Å². The molecule has 2 rings (SSSR count). The summed E-state index contributed by atoms with van der Waals surface area (Å²) in [5, 5.41) is 2.82. The molecule has 0 spiro atoms. The summed E-state index contributed by atoms with van der Waals surface area (Å²) in [7, 11) is 1.55. The van der Waals surface area contributed by atoms with E-state index in [1.807, 2.05) is 0 Å². The third kappa shape index (κ3) is 5.25. The number of ether oxygens (including phenoxy) is 2. The minimum atomic E-state index is -0.298. The highest BCUT2D eigenvalue weighted by Gasteiger charge is 2.10. The van der Waals surface area contributed by atoms with Crippen molar-refractivity contribution in [2.75, 3.05) is 20.3 Å². The number of carbonyl (C=O) groups is 1. The van der Waals surface area contributed by atoms with Crippen LogP contribution < -0.4 is 14.8 Å². The van der Waals surface area contributed by atoms with Gasteiger partial charge in [-0.1, -0.05) is 0 Å². The molecule has 0 aliphatic heterocycles. The molecule has 6 heteroatoms. The van der Waals surface area contributed by atoms with E-state index in [2.05, 4.69) is 21.2 Å². The molecule has 0 aliphatic rings. The van der Waals surface area contributed by atoms with Gasteiger partial charge in [-0.05, 0) is 64.8 Å². The van der Waals surface area contributed by atoms with Gasteiger partial charge in [0, 0.05) is 11.0 Å². The van der Waals surface area contributed by atoms with Crippen molar-refractivity contribution in [3.63, 3.8) is 0 Å². The largest absolute Gasteiger partial charge is 0.497 e. The first-order chi connectivity index (χ1) is 11.1. The minimum absolute atomic E-state index is 0.183. The van der Waals surface area contributed by atoms with Crippen molar-refractivity contribution in [1.82, 2.24) is 5.32 Å². The lowest BCUT2D eigenvalue weighted by atomic mass is 10.2. The third-order valence-electron chi connectivity index (χ3n) is 3.11. The van der Waals surface area contributed by atoms with Crippen molar-refractivity contribution in [2.24, 2.45) is 0 Å². The van der Waals surface area contributed by atoms with Crippen molar-refractivity contribution in [2.45, 2.75) is 6.42 Å². The first kappa shape index (κ1) is 17.3. The fraction of sp³-hybridized carbons (Fsp3) is 0.235. The van der Waals surface area contributed by atoms with Gasteiger partial charge in [-0.2, -0.15) is 0 Å². The van der Waals surface area contributed by atoms with Crippen LogP contribution in [0.3, 0.4) is 0 Å². The molecule has 0 saturated heterocycles. The van der Waals surface area contributed by atoms with Gasteiger partial charge in [0.1, 0.15) is 17.3 Å². The summed E-state index contributed by atoms with van der Waals surface area (Å²) in [6.07, 6.45) is 0.644. The Kier molecular flexibility index (Phi) is 6.40. The fourth-order valence-corrected chi connectivity index (χ4v) is 2.32. The molecule has 0 bridgehead atoms. The first-order valence-electron chi connectivity index (χ1n) is 7.10. The first-order valence-corrected chi connectivity index (χ1v) is 7.89. The van der Waals surface area contributed by atoms with Crippen molar-refractivity contribution < 1.29 is 18.7 Å². The van der Waals surface area contributed by atoms with Crippen molar-refractivity contribution in [1.29, 1.82) is 0 Å². The standard InChI is InChI=1S/C17H17BrFNO3/c1-22-14-7-8-16(18)15(11-14)17(21)20-9-2-10-23-13-5-3-12(19)4-6-13/h3-8,11H,2,9-10H2,1H3,(H,20,21). The third-order valence-corrected chi connectivity index (χ3v) is 3.80. The van der Waals surface area contributed by atoms with E-state index >= 15 is 0 Å². The highest BCUT2D eigenvalue weighted by Crippen LogP contribution is 2.22. The van der Waals surface area contributed by atoms with E-state index in [9.17, 15) is 9.18 Å². The Morgan fingerprint density at radius 3 is 2.57 bits per heavy atom.